The monoisotopic (exact) mass is 94.2 g/mol. The largest absolute Gasteiger partial charge is 3.00 e. The van der Waals surface area contributed by atoms with Crippen molar-refractivity contribution in [1.82, 2.24) is 0 Å². The molecular formula is H16AlB4Li. The molecule has 32 valence electrons. The van der Waals surface area contributed by atoms with E-state index >= 15 is 0 Å². The van der Waals surface area contributed by atoms with Gasteiger partial charge in [-0.25, -0.2) is 0 Å². The minimum atomic E-state index is 0. The van der Waals surface area contributed by atoms with Crippen molar-refractivity contribution in [3.05, 3.63) is 0 Å². The smallest absolute Gasteiger partial charge is 0.0626 e. The summed E-state index contributed by atoms with van der Waals surface area (Å²) in [6.45, 7) is 0. The summed E-state index contributed by atoms with van der Waals surface area (Å²) < 4.78 is 0. The van der Waals surface area contributed by atoms with Crippen LogP contribution in [0.2, 0.25) is 0 Å². The van der Waals surface area contributed by atoms with Gasteiger partial charge in [0.05, 0.1) is 0 Å². The Balaban J connectivity index is 0. The van der Waals surface area contributed by atoms with Crippen LogP contribution in [0.25, 0.3) is 0 Å². The molecule has 0 aliphatic carbocycles. The molecule has 0 rings (SSSR count). The molecule has 0 N–H and O–H groups in total. The van der Waals surface area contributed by atoms with E-state index in [2.05, 4.69) is 0 Å². The molecule has 0 fully saturated rings. The standard InChI is InChI=1S/Al.4BH4.Li/h;4*1H4;/q+3;4*-1;+1. The van der Waals surface area contributed by atoms with Crippen molar-refractivity contribution >= 4 is 51.0 Å². The van der Waals surface area contributed by atoms with Crippen LogP contribution < -0.4 is 18.9 Å². The van der Waals surface area contributed by atoms with Crippen LogP contribution in [0.1, 0.15) is 0 Å². The van der Waals surface area contributed by atoms with Crippen molar-refractivity contribution in [2.24, 2.45) is 0 Å². The van der Waals surface area contributed by atoms with Crippen molar-refractivity contribution in [1.29, 1.82) is 0 Å². The van der Waals surface area contributed by atoms with Gasteiger partial charge in [0.1, 0.15) is 0 Å². The zero-order chi connectivity index (χ0) is 0. The third kappa shape index (κ3) is 53.8. The van der Waals surface area contributed by atoms with E-state index in [1.807, 2.05) is 0 Å². The maximum atomic E-state index is 0. The Bertz CT molecular complexity index is 7.51. The molecule has 0 aromatic rings. The van der Waals surface area contributed by atoms with Crippen LogP contribution in [0.15, 0.2) is 0 Å². The Kier molecular flexibility index (Phi) is 2500. The Morgan fingerprint density at radius 3 is 0.500 bits per heavy atom. The molecule has 0 aliphatic rings. The van der Waals surface area contributed by atoms with Gasteiger partial charge in [0.2, 0.25) is 0 Å². The molecule has 0 aromatic carbocycles. The molecule has 0 bridgehead atoms. The molecule has 0 saturated carbocycles. The number of rotatable bonds is 0. The summed E-state index contributed by atoms with van der Waals surface area (Å²) in [5.74, 6) is 0. The van der Waals surface area contributed by atoms with Crippen LogP contribution in [0.4, 0.5) is 0 Å². The molecule has 0 atom stereocenters. The number of hydrogen-bond acceptors (Lipinski definition) is 0. The first-order valence-corrected chi connectivity index (χ1v) is 0. The quantitative estimate of drug-likeness (QED) is 0.261. The van der Waals surface area contributed by atoms with E-state index in [-0.39, 0.29) is 69.9 Å². The van der Waals surface area contributed by atoms with Gasteiger partial charge in [0.25, 0.3) is 0 Å². The second-order valence-corrected chi connectivity index (χ2v) is 0. The average molecular weight is 93.3 g/mol. The first-order chi connectivity index (χ1) is 0. The molecule has 0 aliphatic heterocycles. The van der Waals surface area contributed by atoms with Crippen LogP contribution in [0, 0.1) is 0 Å². The zero-order valence-electron chi connectivity index (χ0n) is 1.58. The molecule has 0 spiro atoms. The molecule has 6 heavy (non-hydrogen) atoms. The third-order valence-electron chi connectivity index (χ3n) is 0. The fourth-order valence-corrected chi connectivity index (χ4v) is 0. The normalized spacial score (nSPS) is 0. The van der Waals surface area contributed by atoms with Gasteiger partial charge in [-0.2, -0.15) is 0 Å². The molecule has 0 heterocycles. The van der Waals surface area contributed by atoms with Crippen molar-refractivity contribution in [2.45, 2.75) is 0 Å². The Labute approximate surface area is 69.8 Å². The van der Waals surface area contributed by atoms with Gasteiger partial charge in [0.15, 0.2) is 0 Å². The Morgan fingerprint density at radius 2 is 0.500 bits per heavy atom. The predicted molar refractivity (Wildman–Crippen MR) is 51.1 cm³/mol. The van der Waals surface area contributed by atoms with Gasteiger partial charge < -0.3 is 0 Å². The summed E-state index contributed by atoms with van der Waals surface area (Å²) >= 11 is 0. The SMILES string of the molecule is [Al+3].[BH4-].[BH4-].[BH4-].[BH4-].[Li+]. The van der Waals surface area contributed by atoms with E-state index < -0.39 is 0 Å². The van der Waals surface area contributed by atoms with E-state index in [0.717, 1.165) is 0 Å². The van der Waals surface area contributed by atoms with E-state index in [0.29, 0.717) is 0 Å². The molecule has 6 heteroatoms. The van der Waals surface area contributed by atoms with Gasteiger partial charge in [-0.05, 0) is 0 Å². The van der Waals surface area contributed by atoms with Gasteiger partial charge in [-0.3, -0.25) is 0 Å². The Morgan fingerprint density at radius 1 is 0.500 bits per heavy atom. The second-order valence-electron chi connectivity index (χ2n) is 0. The Hall–Kier alpha value is 1.39. The van der Waals surface area contributed by atoms with Crippen molar-refractivity contribution in [2.75, 3.05) is 0 Å². The minimum absolute atomic E-state index is 0. The van der Waals surface area contributed by atoms with Gasteiger partial charge >= 0.3 is 36.2 Å². The van der Waals surface area contributed by atoms with Crippen LogP contribution >= 0.6 is 0 Å². The van der Waals surface area contributed by atoms with Crippen LogP contribution in [-0.4, -0.2) is 51.0 Å². The van der Waals surface area contributed by atoms with Crippen molar-refractivity contribution in [3.63, 3.8) is 0 Å². The summed E-state index contributed by atoms with van der Waals surface area (Å²) in [6.07, 6.45) is 0. The van der Waals surface area contributed by atoms with Gasteiger partial charge in [0, 0.05) is 0 Å². The summed E-state index contributed by atoms with van der Waals surface area (Å²) in [5, 5.41) is 0. The summed E-state index contributed by atoms with van der Waals surface area (Å²) in [7, 11) is 0. The van der Waals surface area contributed by atoms with E-state index in [1.165, 1.54) is 0 Å². The maximum absolute atomic E-state index is 0. The molecule has 0 aromatic heterocycles. The average Bonchev–Trinajstić information content (AvgIpc) is 0. The summed E-state index contributed by atoms with van der Waals surface area (Å²) in [5.41, 5.74) is 0. The summed E-state index contributed by atoms with van der Waals surface area (Å²) in [6, 6.07) is 0. The fraction of sp³-hybridized carbons (Fsp3) is 0. The van der Waals surface area contributed by atoms with Crippen molar-refractivity contribution in [3.8, 4) is 0 Å². The molecule has 0 nitrogen and oxygen atoms in total. The molecule has 0 radical (unpaired) electrons. The molecule has 0 unspecified atom stereocenters. The van der Waals surface area contributed by atoms with Gasteiger partial charge in [-0.15, -0.1) is 0 Å². The number of hydrogen-bond donors (Lipinski definition) is 0. The van der Waals surface area contributed by atoms with E-state index in [9.17, 15) is 0 Å². The van der Waals surface area contributed by atoms with E-state index in [1.54, 1.807) is 0 Å². The molecule has 0 amide bonds. The van der Waals surface area contributed by atoms with E-state index in [4.69, 9.17) is 0 Å². The third-order valence-corrected chi connectivity index (χ3v) is 0. The first-order valence-electron chi connectivity index (χ1n) is 0. The maximum Gasteiger partial charge on any atom is 3.00 e. The first kappa shape index (κ1) is 156. The topological polar surface area (TPSA) is 0 Å². The predicted octanol–water partition coefficient (Wildman–Crippen LogP) is -9.18. The van der Waals surface area contributed by atoms with Gasteiger partial charge in [-0.1, -0.05) is 33.7 Å². The molecular weight excluding hydrogens is 77.2 g/mol. The van der Waals surface area contributed by atoms with Crippen molar-refractivity contribution < 1.29 is 18.9 Å². The van der Waals surface area contributed by atoms with Crippen LogP contribution in [0.3, 0.4) is 0 Å². The van der Waals surface area contributed by atoms with Crippen LogP contribution in [0.5, 0.6) is 0 Å². The van der Waals surface area contributed by atoms with Crippen LogP contribution in [-0.2, 0) is 0 Å². The summed E-state index contributed by atoms with van der Waals surface area (Å²) in [4.78, 5) is 0. The zero-order valence-corrected chi connectivity index (χ0v) is 2.73. The molecule has 0 saturated heterocycles. The minimum Gasteiger partial charge on any atom is -0.0626 e. The second kappa shape index (κ2) is 96.1. The fourth-order valence-electron chi connectivity index (χ4n) is 0.